The number of carbonyl (C=O) groups is 1. The molecule has 6 nitrogen and oxygen atoms in total. The highest BCUT2D eigenvalue weighted by molar-refractivity contribution is 5.87. The minimum atomic E-state index is -0.00771. The number of ether oxygens (including phenoxy) is 1. The van der Waals surface area contributed by atoms with Gasteiger partial charge in [-0.15, -0.1) is 0 Å². The Kier molecular flexibility index (Phi) is 6.08. The lowest BCUT2D eigenvalue weighted by atomic mass is 10.1. The molecule has 1 N–H and O–H groups in total. The van der Waals surface area contributed by atoms with Gasteiger partial charge in [-0.05, 0) is 75.1 Å². The van der Waals surface area contributed by atoms with Crippen molar-refractivity contribution >= 4 is 16.9 Å². The number of nitrogens with zero attached hydrogens (tertiary/aromatic N) is 3. The summed E-state index contributed by atoms with van der Waals surface area (Å²) in [6.07, 6.45) is 2.68. The Morgan fingerprint density at radius 2 is 2.00 bits per heavy atom. The first kappa shape index (κ1) is 18.9. The second-order valence-electron chi connectivity index (χ2n) is 6.77. The van der Waals surface area contributed by atoms with Crippen LogP contribution in [0.5, 0.6) is 5.75 Å². The molecule has 1 aromatic carbocycles. The molecule has 27 heavy (non-hydrogen) atoms. The first-order chi connectivity index (χ1) is 13.1. The summed E-state index contributed by atoms with van der Waals surface area (Å²) in [7, 11) is 5.71. The van der Waals surface area contributed by atoms with Crippen LogP contribution in [0.4, 0.5) is 0 Å². The summed E-state index contributed by atoms with van der Waals surface area (Å²) in [6, 6.07) is 13.8. The Labute approximate surface area is 159 Å². The van der Waals surface area contributed by atoms with Crippen LogP contribution in [-0.2, 0) is 11.3 Å². The number of benzene rings is 1. The molecule has 0 atom stereocenters. The van der Waals surface area contributed by atoms with E-state index in [0.29, 0.717) is 6.54 Å². The average Bonchev–Trinajstić information content (AvgIpc) is 3.04. The lowest BCUT2D eigenvalue weighted by Crippen LogP contribution is -2.30. The van der Waals surface area contributed by atoms with E-state index in [0.717, 1.165) is 41.0 Å². The van der Waals surface area contributed by atoms with Crippen molar-refractivity contribution in [3.63, 3.8) is 0 Å². The zero-order valence-electron chi connectivity index (χ0n) is 16.1. The summed E-state index contributed by atoms with van der Waals surface area (Å²) in [5, 5.41) is 4.02. The van der Waals surface area contributed by atoms with Gasteiger partial charge < -0.3 is 19.5 Å². The van der Waals surface area contributed by atoms with E-state index in [4.69, 9.17) is 4.74 Å². The van der Waals surface area contributed by atoms with Gasteiger partial charge in [0.05, 0.1) is 12.8 Å². The summed E-state index contributed by atoms with van der Waals surface area (Å²) >= 11 is 0. The first-order valence-corrected chi connectivity index (χ1v) is 9.08. The van der Waals surface area contributed by atoms with E-state index in [1.807, 2.05) is 55.1 Å². The third kappa shape index (κ3) is 4.65. The maximum atomic E-state index is 12.5. The highest BCUT2D eigenvalue weighted by atomic mass is 16.5. The van der Waals surface area contributed by atoms with E-state index in [-0.39, 0.29) is 12.5 Å². The molecule has 0 saturated carbocycles. The van der Waals surface area contributed by atoms with E-state index >= 15 is 0 Å². The van der Waals surface area contributed by atoms with Gasteiger partial charge in [0.2, 0.25) is 5.91 Å². The van der Waals surface area contributed by atoms with Gasteiger partial charge in [-0.3, -0.25) is 4.79 Å². The second kappa shape index (κ2) is 8.68. The molecular weight excluding hydrogens is 340 g/mol. The summed E-state index contributed by atoms with van der Waals surface area (Å²) in [4.78, 5) is 19.1. The van der Waals surface area contributed by atoms with Crippen molar-refractivity contribution in [3.05, 3.63) is 48.7 Å². The van der Waals surface area contributed by atoms with Gasteiger partial charge in [-0.25, -0.2) is 4.98 Å². The molecule has 0 saturated heterocycles. The normalized spacial score (nSPS) is 11.1. The van der Waals surface area contributed by atoms with Crippen molar-refractivity contribution < 1.29 is 9.53 Å². The van der Waals surface area contributed by atoms with E-state index in [9.17, 15) is 4.79 Å². The predicted molar refractivity (Wildman–Crippen MR) is 108 cm³/mol. The lowest BCUT2D eigenvalue weighted by molar-refractivity contribution is -0.121. The lowest BCUT2D eigenvalue weighted by Gasteiger charge is -2.12. The molecular formula is C21H26N4O2. The number of hydrogen-bond acceptors (Lipinski definition) is 4. The molecule has 0 spiro atoms. The van der Waals surface area contributed by atoms with Gasteiger partial charge in [0.25, 0.3) is 0 Å². The quantitative estimate of drug-likeness (QED) is 0.623. The standard InChI is InChI=1S/C21H26N4O2/c1-24(2)13-5-12-22-20(26)15-25-19(14-17-6-4-11-23-21(17)25)16-7-9-18(27-3)10-8-16/h4,6-11,14H,5,12-13,15H2,1-3H3,(H,22,26). The number of carbonyl (C=O) groups excluding carboxylic acids is 1. The largest absolute Gasteiger partial charge is 0.497 e. The van der Waals surface area contributed by atoms with Crippen LogP contribution in [0.1, 0.15) is 6.42 Å². The monoisotopic (exact) mass is 366 g/mol. The molecule has 1 amide bonds. The molecule has 0 aliphatic rings. The van der Waals surface area contributed by atoms with Crippen molar-refractivity contribution in [1.29, 1.82) is 0 Å². The molecule has 0 bridgehead atoms. The van der Waals surface area contributed by atoms with E-state index in [1.54, 1.807) is 13.3 Å². The van der Waals surface area contributed by atoms with Gasteiger partial charge in [0, 0.05) is 18.1 Å². The van der Waals surface area contributed by atoms with Gasteiger partial charge >= 0.3 is 0 Å². The van der Waals surface area contributed by atoms with Crippen LogP contribution in [0.25, 0.3) is 22.3 Å². The Hall–Kier alpha value is -2.86. The fourth-order valence-electron chi connectivity index (χ4n) is 3.07. The van der Waals surface area contributed by atoms with Crippen LogP contribution in [0.2, 0.25) is 0 Å². The van der Waals surface area contributed by atoms with Crippen molar-refractivity contribution in [2.24, 2.45) is 0 Å². The number of nitrogens with one attached hydrogen (secondary N) is 1. The SMILES string of the molecule is COc1ccc(-c2cc3cccnc3n2CC(=O)NCCCN(C)C)cc1. The fraction of sp³-hybridized carbons (Fsp3) is 0.333. The molecule has 0 unspecified atom stereocenters. The molecule has 3 rings (SSSR count). The Morgan fingerprint density at radius 1 is 1.22 bits per heavy atom. The molecule has 2 heterocycles. The number of rotatable bonds is 8. The minimum absolute atomic E-state index is 0.00771. The minimum Gasteiger partial charge on any atom is -0.497 e. The van der Waals surface area contributed by atoms with Crippen molar-refractivity contribution in [2.45, 2.75) is 13.0 Å². The van der Waals surface area contributed by atoms with E-state index < -0.39 is 0 Å². The van der Waals surface area contributed by atoms with Crippen LogP contribution in [-0.4, -0.2) is 54.7 Å². The third-order valence-corrected chi connectivity index (χ3v) is 4.45. The number of hydrogen-bond donors (Lipinski definition) is 1. The number of amides is 1. The van der Waals surface area contributed by atoms with Gasteiger partial charge in [0.1, 0.15) is 17.9 Å². The molecule has 3 aromatic rings. The number of fused-ring (bicyclic) bond motifs is 1. The Bertz CT molecular complexity index is 900. The topological polar surface area (TPSA) is 59.4 Å². The maximum absolute atomic E-state index is 12.5. The molecule has 0 radical (unpaired) electrons. The van der Waals surface area contributed by atoms with Crippen LogP contribution in [0, 0.1) is 0 Å². The third-order valence-electron chi connectivity index (χ3n) is 4.45. The smallest absolute Gasteiger partial charge is 0.240 e. The maximum Gasteiger partial charge on any atom is 0.240 e. The molecule has 0 fully saturated rings. The summed E-state index contributed by atoms with van der Waals surface area (Å²) in [5.41, 5.74) is 2.80. The molecule has 0 aliphatic carbocycles. The fourth-order valence-corrected chi connectivity index (χ4v) is 3.07. The van der Waals surface area contributed by atoms with E-state index in [1.165, 1.54) is 0 Å². The first-order valence-electron chi connectivity index (χ1n) is 9.08. The van der Waals surface area contributed by atoms with Gasteiger partial charge in [-0.1, -0.05) is 0 Å². The average molecular weight is 366 g/mol. The highest BCUT2D eigenvalue weighted by Crippen LogP contribution is 2.28. The Balaban J connectivity index is 1.83. The van der Waals surface area contributed by atoms with E-state index in [2.05, 4.69) is 21.3 Å². The van der Waals surface area contributed by atoms with Crippen LogP contribution in [0.3, 0.4) is 0 Å². The predicted octanol–water partition coefficient (Wildman–Crippen LogP) is 2.78. The number of pyridine rings is 1. The number of methoxy groups -OCH3 is 1. The molecule has 6 heteroatoms. The molecule has 142 valence electrons. The summed E-state index contributed by atoms with van der Waals surface area (Å²) in [6.45, 7) is 1.86. The summed E-state index contributed by atoms with van der Waals surface area (Å²) < 4.78 is 7.21. The van der Waals surface area contributed by atoms with Crippen molar-refractivity contribution in [1.82, 2.24) is 19.8 Å². The van der Waals surface area contributed by atoms with Crippen molar-refractivity contribution in [2.75, 3.05) is 34.3 Å². The second-order valence-corrected chi connectivity index (χ2v) is 6.77. The van der Waals surface area contributed by atoms with Crippen LogP contribution in [0.15, 0.2) is 48.7 Å². The van der Waals surface area contributed by atoms with Crippen molar-refractivity contribution in [3.8, 4) is 17.0 Å². The van der Waals surface area contributed by atoms with Gasteiger partial charge in [0.15, 0.2) is 0 Å². The van der Waals surface area contributed by atoms with Crippen LogP contribution >= 0.6 is 0 Å². The summed E-state index contributed by atoms with van der Waals surface area (Å²) in [5.74, 6) is 0.796. The Morgan fingerprint density at radius 3 is 2.70 bits per heavy atom. The molecule has 0 aliphatic heterocycles. The number of aromatic nitrogens is 2. The van der Waals surface area contributed by atoms with Gasteiger partial charge in [-0.2, -0.15) is 0 Å². The molecule has 2 aromatic heterocycles. The van der Waals surface area contributed by atoms with Crippen LogP contribution < -0.4 is 10.1 Å². The zero-order chi connectivity index (χ0) is 19.2. The zero-order valence-corrected chi connectivity index (χ0v) is 16.1. The highest BCUT2D eigenvalue weighted by Gasteiger charge is 2.14.